The van der Waals surface area contributed by atoms with Gasteiger partial charge in [0.15, 0.2) is 5.75 Å². The van der Waals surface area contributed by atoms with Crippen molar-refractivity contribution in [2.45, 2.75) is 9.79 Å². The van der Waals surface area contributed by atoms with E-state index in [0.717, 1.165) is 18.2 Å². The van der Waals surface area contributed by atoms with Crippen molar-refractivity contribution in [3.8, 4) is 5.75 Å². The molecule has 4 aromatic rings. The Bertz CT molecular complexity index is 1730. The van der Waals surface area contributed by atoms with Crippen LogP contribution in [0.3, 0.4) is 0 Å². The molecule has 3 aromatic carbocycles. The van der Waals surface area contributed by atoms with E-state index in [9.17, 15) is 31.0 Å². The van der Waals surface area contributed by atoms with Crippen molar-refractivity contribution in [3.05, 3.63) is 53.8 Å². The van der Waals surface area contributed by atoms with Crippen molar-refractivity contribution < 1.29 is 31.0 Å². The Hall–Kier alpha value is -3.96. The second-order valence-corrected chi connectivity index (χ2v) is 10.2. The molecule has 0 bridgehead atoms. The smallest absolute Gasteiger partial charge is 0.296 e. The highest BCUT2D eigenvalue weighted by atomic mass is 35.5. The van der Waals surface area contributed by atoms with Crippen LogP contribution in [0.5, 0.6) is 5.75 Å². The molecule has 0 saturated carbocycles. The van der Waals surface area contributed by atoms with E-state index in [-0.39, 0.29) is 33.6 Å². The SMILES string of the molecule is Nc1nc(Cl)nc(Nc2cc(S(=O)(=O)O)cc3cc(S(=O)(=O)O)c(N=Nc4ccccc4)c(O)c23)n1. The minimum absolute atomic E-state index is 0.188. The minimum atomic E-state index is -5.00. The number of nitrogen functional groups attached to an aromatic ring is 1. The standard InChI is InChI=1S/C19H14ClN7O7S2/c20-17-23-18(21)25-19(24-17)22-12-8-11(35(29,30)31)6-9-7-13(36(32,33)34)15(16(28)14(9)12)27-26-10-4-2-1-3-5-10/h1-8,28H,(H,29,30,31)(H,32,33,34)(H3,21,22,23,24,25). The first-order chi connectivity index (χ1) is 16.8. The number of hydrogen-bond donors (Lipinski definition) is 5. The minimum Gasteiger partial charge on any atom is -0.505 e. The van der Waals surface area contributed by atoms with Crippen LogP contribution in [0, 0.1) is 0 Å². The second-order valence-electron chi connectivity index (χ2n) is 7.04. The quantitative estimate of drug-likeness (QED) is 0.171. The van der Waals surface area contributed by atoms with Crippen LogP contribution in [-0.4, -0.2) is 46.0 Å². The summed E-state index contributed by atoms with van der Waals surface area (Å²) in [5.74, 6) is -1.37. The third kappa shape index (κ3) is 5.31. The largest absolute Gasteiger partial charge is 0.505 e. The summed E-state index contributed by atoms with van der Waals surface area (Å²) in [6.07, 6.45) is 0. The predicted molar refractivity (Wildman–Crippen MR) is 128 cm³/mol. The number of hydrogen-bond acceptors (Lipinski definition) is 12. The van der Waals surface area contributed by atoms with Gasteiger partial charge in [-0.15, -0.1) is 5.11 Å². The number of phenolic OH excluding ortho intramolecular Hbond substituents is 1. The number of aromatic hydroxyl groups is 1. The zero-order chi connectivity index (χ0) is 26.3. The van der Waals surface area contributed by atoms with Crippen LogP contribution in [0.1, 0.15) is 0 Å². The Balaban J connectivity index is 2.05. The summed E-state index contributed by atoms with van der Waals surface area (Å²) in [4.78, 5) is 9.62. The molecule has 0 fully saturated rings. The fourth-order valence-electron chi connectivity index (χ4n) is 3.14. The van der Waals surface area contributed by atoms with E-state index in [2.05, 4.69) is 30.5 Å². The third-order valence-corrected chi connectivity index (χ3v) is 6.46. The normalized spacial score (nSPS) is 12.3. The average molecular weight is 552 g/mol. The van der Waals surface area contributed by atoms with E-state index >= 15 is 0 Å². The van der Waals surface area contributed by atoms with Crippen molar-refractivity contribution in [1.29, 1.82) is 0 Å². The van der Waals surface area contributed by atoms with Crippen molar-refractivity contribution in [3.63, 3.8) is 0 Å². The van der Waals surface area contributed by atoms with Crippen LogP contribution in [0.4, 0.5) is 29.0 Å². The molecular formula is C19H14ClN7O7S2. The van der Waals surface area contributed by atoms with Gasteiger partial charge in [0.05, 0.1) is 16.3 Å². The maximum absolute atomic E-state index is 12.1. The molecule has 0 saturated heterocycles. The third-order valence-electron chi connectivity index (χ3n) is 4.59. The maximum atomic E-state index is 12.1. The number of phenols is 1. The number of fused-ring (bicyclic) bond motifs is 1. The fraction of sp³-hybridized carbons (Fsp3) is 0. The molecule has 1 heterocycles. The zero-order valence-corrected chi connectivity index (χ0v) is 20.0. The topological polar surface area (TPSA) is 230 Å². The van der Waals surface area contributed by atoms with E-state index in [4.69, 9.17) is 17.3 Å². The van der Waals surface area contributed by atoms with Gasteiger partial charge in [-0.3, -0.25) is 9.11 Å². The molecule has 0 radical (unpaired) electrons. The highest BCUT2D eigenvalue weighted by Gasteiger charge is 2.25. The summed E-state index contributed by atoms with van der Waals surface area (Å²) in [5, 5.41) is 20.6. The first-order valence-corrected chi connectivity index (χ1v) is 12.8. The zero-order valence-electron chi connectivity index (χ0n) is 17.6. The number of halogens is 1. The molecule has 0 spiro atoms. The van der Waals surface area contributed by atoms with Crippen molar-refractivity contribution in [1.82, 2.24) is 15.0 Å². The highest BCUT2D eigenvalue weighted by Crippen LogP contribution is 2.45. The molecule has 14 nitrogen and oxygen atoms in total. The van der Waals surface area contributed by atoms with Crippen LogP contribution in [0.15, 0.2) is 68.6 Å². The lowest BCUT2D eigenvalue weighted by molar-refractivity contribution is 0.472. The van der Waals surface area contributed by atoms with E-state index in [0.29, 0.717) is 5.69 Å². The Labute approximate surface area is 208 Å². The molecule has 4 rings (SSSR count). The van der Waals surface area contributed by atoms with Crippen molar-refractivity contribution in [2.24, 2.45) is 10.2 Å². The monoisotopic (exact) mass is 551 g/mol. The number of rotatable bonds is 6. The summed E-state index contributed by atoms with van der Waals surface area (Å²) >= 11 is 5.78. The van der Waals surface area contributed by atoms with Crippen LogP contribution in [0.25, 0.3) is 10.8 Å². The Morgan fingerprint density at radius 2 is 1.61 bits per heavy atom. The van der Waals surface area contributed by atoms with Gasteiger partial charge in [-0.2, -0.15) is 36.9 Å². The van der Waals surface area contributed by atoms with E-state index in [1.54, 1.807) is 30.3 Å². The van der Waals surface area contributed by atoms with Crippen LogP contribution >= 0.6 is 11.6 Å². The summed E-state index contributed by atoms with van der Waals surface area (Å²) in [6.45, 7) is 0. The van der Waals surface area contributed by atoms with E-state index in [1.807, 2.05) is 0 Å². The Morgan fingerprint density at radius 3 is 2.22 bits per heavy atom. The maximum Gasteiger partial charge on any atom is 0.296 e. The number of nitrogens with two attached hydrogens (primary N) is 1. The van der Waals surface area contributed by atoms with Crippen LogP contribution in [-0.2, 0) is 20.2 Å². The van der Waals surface area contributed by atoms with Gasteiger partial charge in [-0.1, -0.05) is 18.2 Å². The second kappa shape index (κ2) is 9.25. The van der Waals surface area contributed by atoms with Gasteiger partial charge in [-0.25, -0.2) is 0 Å². The van der Waals surface area contributed by atoms with Gasteiger partial charge in [0, 0.05) is 5.39 Å². The molecule has 0 aliphatic heterocycles. The van der Waals surface area contributed by atoms with E-state index < -0.39 is 41.5 Å². The lowest BCUT2D eigenvalue weighted by Crippen LogP contribution is -2.06. The number of nitrogens with one attached hydrogen (secondary N) is 1. The molecule has 0 atom stereocenters. The molecule has 0 aliphatic rings. The summed E-state index contributed by atoms with van der Waals surface area (Å²) in [6, 6.07) is 10.7. The van der Waals surface area contributed by atoms with Gasteiger partial charge < -0.3 is 16.2 Å². The van der Waals surface area contributed by atoms with Crippen molar-refractivity contribution in [2.75, 3.05) is 11.1 Å². The molecule has 17 heteroatoms. The van der Waals surface area contributed by atoms with Gasteiger partial charge in [-0.05, 0) is 47.3 Å². The number of aromatic nitrogens is 3. The average Bonchev–Trinajstić information content (AvgIpc) is 2.76. The number of benzene rings is 3. The summed E-state index contributed by atoms with van der Waals surface area (Å²) < 4.78 is 67.3. The lowest BCUT2D eigenvalue weighted by Gasteiger charge is -2.15. The molecule has 6 N–H and O–H groups in total. The first-order valence-electron chi connectivity index (χ1n) is 9.52. The van der Waals surface area contributed by atoms with Crippen molar-refractivity contribution >= 4 is 71.6 Å². The van der Waals surface area contributed by atoms with Gasteiger partial charge in [0.1, 0.15) is 10.6 Å². The molecule has 1 aromatic heterocycles. The molecule has 0 unspecified atom stereocenters. The molecule has 186 valence electrons. The summed E-state index contributed by atoms with van der Waals surface area (Å²) in [5.41, 5.74) is 4.97. The predicted octanol–water partition coefficient (Wildman–Crippen LogP) is 3.62. The molecule has 0 amide bonds. The number of anilines is 3. The summed E-state index contributed by atoms with van der Waals surface area (Å²) in [7, 11) is -9.82. The molecule has 0 aliphatic carbocycles. The van der Waals surface area contributed by atoms with Crippen LogP contribution < -0.4 is 11.1 Å². The molecule has 36 heavy (non-hydrogen) atoms. The van der Waals surface area contributed by atoms with Gasteiger partial charge in [0.25, 0.3) is 20.2 Å². The Kier molecular flexibility index (Phi) is 6.46. The number of azo groups is 1. The fourth-order valence-corrected chi connectivity index (χ4v) is 4.51. The Morgan fingerprint density at radius 1 is 0.917 bits per heavy atom. The number of nitrogens with zero attached hydrogens (tertiary/aromatic N) is 5. The van der Waals surface area contributed by atoms with Gasteiger partial charge in [0.2, 0.25) is 17.2 Å². The van der Waals surface area contributed by atoms with E-state index in [1.165, 1.54) is 0 Å². The molecular weight excluding hydrogens is 538 g/mol. The lowest BCUT2D eigenvalue weighted by atomic mass is 10.1. The van der Waals surface area contributed by atoms with Crippen LogP contribution in [0.2, 0.25) is 5.28 Å². The first kappa shape index (κ1) is 25.1. The van der Waals surface area contributed by atoms with Gasteiger partial charge >= 0.3 is 0 Å². The highest BCUT2D eigenvalue weighted by molar-refractivity contribution is 7.86.